The fourth-order valence-corrected chi connectivity index (χ4v) is 1.55. The molecule has 0 amide bonds. The van der Waals surface area contributed by atoms with Gasteiger partial charge in [0.25, 0.3) is 0 Å². The highest BCUT2D eigenvalue weighted by Crippen LogP contribution is 2.19. The fourth-order valence-electron chi connectivity index (χ4n) is 1.05. The lowest BCUT2D eigenvalue weighted by Crippen LogP contribution is -2.19. The average Bonchev–Trinajstić information content (AvgIpc) is 2.41. The van der Waals surface area contributed by atoms with Crippen LogP contribution in [0.5, 0.6) is 0 Å². The van der Waals surface area contributed by atoms with Gasteiger partial charge in [0.15, 0.2) is 0 Å². The number of carbonyl (C=O) groups excluding carboxylic acids is 1. The van der Waals surface area contributed by atoms with Crippen molar-refractivity contribution in [3.63, 3.8) is 0 Å². The molecule has 108 valence electrons. The minimum atomic E-state index is -0.388. The van der Waals surface area contributed by atoms with Crippen LogP contribution >= 0.6 is 11.8 Å². The second-order valence-corrected chi connectivity index (χ2v) is 3.79. The summed E-state index contributed by atoms with van der Waals surface area (Å²) in [7, 11) is 0. The number of ether oxygens (including phenoxy) is 1. The Kier molecular flexibility index (Phi) is 13.5. The summed E-state index contributed by atoms with van der Waals surface area (Å²) in [5.41, 5.74) is 6.26. The fraction of sp³-hybridized carbons (Fsp3) is 0.429. The molecule has 0 fully saturated rings. The molecule has 4 nitrogen and oxygen atoms in total. The molecule has 0 saturated carbocycles. The summed E-state index contributed by atoms with van der Waals surface area (Å²) in [6, 6.07) is 0. The molecule has 0 aliphatic carbocycles. The number of nitrogens with two attached hydrogens (primary N) is 1. The number of allylic oxidation sites excluding steroid dienone is 2. The normalized spacial score (nSPS) is 11.7. The van der Waals surface area contributed by atoms with E-state index in [1.165, 1.54) is 11.8 Å². The molecule has 0 aliphatic rings. The van der Waals surface area contributed by atoms with Crippen LogP contribution in [-0.2, 0) is 9.53 Å². The van der Waals surface area contributed by atoms with Crippen molar-refractivity contribution in [2.24, 2.45) is 10.7 Å². The zero-order chi connectivity index (χ0) is 15.3. The predicted octanol–water partition coefficient (Wildman–Crippen LogP) is 3.27. The van der Waals surface area contributed by atoms with Gasteiger partial charge < -0.3 is 10.5 Å². The largest absolute Gasteiger partial charge is 0.466 e. The molecule has 0 aromatic carbocycles. The monoisotopic (exact) mass is 284 g/mol. The topological polar surface area (TPSA) is 64.7 Å². The number of rotatable bonds is 7. The summed E-state index contributed by atoms with van der Waals surface area (Å²) in [5, 5.41) is 0. The quantitative estimate of drug-likeness (QED) is 0.337. The molecule has 5 heteroatoms. The number of thioether (sulfide) groups is 1. The van der Waals surface area contributed by atoms with Gasteiger partial charge in [0.1, 0.15) is 12.3 Å². The van der Waals surface area contributed by atoms with Crippen molar-refractivity contribution in [1.82, 2.24) is 0 Å². The van der Waals surface area contributed by atoms with Crippen molar-refractivity contribution < 1.29 is 9.53 Å². The lowest BCUT2D eigenvalue weighted by Gasteiger charge is -2.04. The molecule has 0 aliphatic heterocycles. The lowest BCUT2D eigenvalue weighted by molar-refractivity contribution is -0.141. The SMILES string of the molecule is C=C/C(N=C(N)CC(=O)OCC)=C(\C=C)SC.CC. The number of amidine groups is 1. The van der Waals surface area contributed by atoms with Gasteiger partial charge in [-0.05, 0) is 19.3 Å². The number of hydrogen-bond acceptors (Lipinski definition) is 4. The smallest absolute Gasteiger partial charge is 0.313 e. The summed E-state index contributed by atoms with van der Waals surface area (Å²) in [6.45, 7) is 13.4. The van der Waals surface area contributed by atoms with Crippen LogP contribution in [0.25, 0.3) is 0 Å². The molecule has 0 unspecified atom stereocenters. The van der Waals surface area contributed by atoms with Crippen LogP contribution in [0, 0.1) is 0 Å². The van der Waals surface area contributed by atoms with Gasteiger partial charge in [0, 0.05) is 4.91 Å². The zero-order valence-corrected chi connectivity index (χ0v) is 13.0. The highest BCUT2D eigenvalue weighted by molar-refractivity contribution is 8.02. The van der Waals surface area contributed by atoms with Gasteiger partial charge in [-0.25, -0.2) is 4.99 Å². The van der Waals surface area contributed by atoms with Crippen molar-refractivity contribution in [3.8, 4) is 0 Å². The maximum absolute atomic E-state index is 11.2. The minimum absolute atomic E-state index is 0.0238. The van der Waals surface area contributed by atoms with Crippen molar-refractivity contribution in [1.29, 1.82) is 0 Å². The summed E-state index contributed by atoms with van der Waals surface area (Å²) < 4.78 is 4.77. The Hall–Kier alpha value is -1.49. The van der Waals surface area contributed by atoms with Crippen molar-refractivity contribution in [3.05, 3.63) is 35.9 Å². The van der Waals surface area contributed by atoms with Crippen LogP contribution in [0.3, 0.4) is 0 Å². The Morgan fingerprint density at radius 1 is 1.37 bits per heavy atom. The Morgan fingerprint density at radius 2 is 1.95 bits per heavy atom. The van der Waals surface area contributed by atoms with Crippen molar-refractivity contribution >= 4 is 23.6 Å². The Morgan fingerprint density at radius 3 is 2.32 bits per heavy atom. The van der Waals surface area contributed by atoms with Crippen molar-refractivity contribution in [2.45, 2.75) is 27.2 Å². The van der Waals surface area contributed by atoms with Crippen LogP contribution in [-0.4, -0.2) is 24.7 Å². The summed E-state index contributed by atoms with van der Waals surface area (Å²) in [5.74, 6) is -0.187. The molecule has 0 heterocycles. The molecule has 2 N–H and O–H groups in total. The minimum Gasteiger partial charge on any atom is -0.466 e. The van der Waals surface area contributed by atoms with E-state index < -0.39 is 0 Å². The first kappa shape index (κ1) is 19.8. The second kappa shape index (κ2) is 13.0. The molecule has 0 aromatic heterocycles. The van der Waals surface area contributed by atoms with Crippen LogP contribution in [0.15, 0.2) is 40.9 Å². The third-order valence-corrected chi connectivity index (χ3v) is 2.56. The number of esters is 1. The number of carbonyl (C=O) groups is 1. The summed E-state index contributed by atoms with van der Waals surface area (Å²) in [6.07, 6.45) is 5.12. The maximum atomic E-state index is 11.2. The van der Waals surface area contributed by atoms with E-state index >= 15 is 0 Å². The third-order valence-electron chi connectivity index (χ3n) is 1.75. The van der Waals surface area contributed by atoms with E-state index in [0.717, 1.165) is 4.91 Å². The first-order valence-electron chi connectivity index (χ1n) is 6.10. The predicted molar refractivity (Wildman–Crippen MR) is 85.2 cm³/mol. The number of nitrogens with zero attached hydrogens (tertiary/aromatic N) is 1. The van der Waals surface area contributed by atoms with E-state index in [9.17, 15) is 4.79 Å². The van der Waals surface area contributed by atoms with Gasteiger partial charge in [-0.1, -0.05) is 33.1 Å². The Balaban J connectivity index is 0. The van der Waals surface area contributed by atoms with E-state index in [1.54, 1.807) is 19.1 Å². The molecule has 19 heavy (non-hydrogen) atoms. The zero-order valence-electron chi connectivity index (χ0n) is 12.2. The van der Waals surface area contributed by atoms with E-state index in [0.29, 0.717) is 12.3 Å². The van der Waals surface area contributed by atoms with E-state index in [2.05, 4.69) is 18.2 Å². The Labute approximate surface area is 120 Å². The molecular formula is C14H24N2O2S. The molecule has 0 saturated heterocycles. The lowest BCUT2D eigenvalue weighted by atomic mass is 10.3. The van der Waals surface area contributed by atoms with Gasteiger partial charge in [-0.3, -0.25) is 4.79 Å². The van der Waals surface area contributed by atoms with E-state index in [-0.39, 0.29) is 18.2 Å². The van der Waals surface area contributed by atoms with Crippen LogP contribution in [0.4, 0.5) is 0 Å². The van der Waals surface area contributed by atoms with Gasteiger partial charge in [0.05, 0.1) is 12.3 Å². The first-order chi connectivity index (χ1) is 9.08. The maximum Gasteiger partial charge on any atom is 0.313 e. The van der Waals surface area contributed by atoms with Gasteiger partial charge in [0.2, 0.25) is 0 Å². The third kappa shape index (κ3) is 9.13. The molecule has 0 bridgehead atoms. The highest BCUT2D eigenvalue weighted by Gasteiger charge is 2.06. The second-order valence-electron chi connectivity index (χ2n) is 2.95. The van der Waals surface area contributed by atoms with Crippen LogP contribution < -0.4 is 5.73 Å². The first-order valence-corrected chi connectivity index (χ1v) is 7.33. The molecule has 0 rings (SSSR count). The van der Waals surface area contributed by atoms with Gasteiger partial charge in [-0.15, -0.1) is 11.8 Å². The van der Waals surface area contributed by atoms with Gasteiger partial charge in [-0.2, -0.15) is 0 Å². The standard InChI is InChI=1S/C12H18N2O2S.C2H6/c1-5-9(10(6-2)17-4)14-11(13)8-12(15)16-7-3;1-2/h5-6H,1-2,7-8H2,3-4H3,(H2,13,14);1-2H3/b10-9-;. The number of aliphatic imine (C=N–C) groups is 1. The Bertz CT molecular complexity index is 360. The van der Waals surface area contributed by atoms with Gasteiger partial charge >= 0.3 is 5.97 Å². The average molecular weight is 284 g/mol. The summed E-state index contributed by atoms with van der Waals surface area (Å²) in [4.78, 5) is 16.2. The molecule has 0 spiro atoms. The van der Waals surface area contributed by atoms with E-state index in [4.69, 9.17) is 10.5 Å². The molecule has 0 radical (unpaired) electrons. The van der Waals surface area contributed by atoms with E-state index in [1.807, 2.05) is 20.1 Å². The molecular weight excluding hydrogens is 260 g/mol. The number of hydrogen-bond donors (Lipinski definition) is 1. The molecule has 0 atom stereocenters. The summed E-state index contributed by atoms with van der Waals surface area (Å²) >= 11 is 1.49. The van der Waals surface area contributed by atoms with Crippen LogP contribution in [0.1, 0.15) is 27.2 Å². The highest BCUT2D eigenvalue weighted by atomic mass is 32.2. The van der Waals surface area contributed by atoms with Crippen molar-refractivity contribution in [2.75, 3.05) is 12.9 Å². The molecule has 0 aromatic rings. The van der Waals surface area contributed by atoms with Crippen LogP contribution in [0.2, 0.25) is 0 Å².